The Labute approximate surface area is 121 Å². The second kappa shape index (κ2) is 6.71. The van der Waals surface area contributed by atoms with Crippen LogP contribution < -0.4 is 0 Å². The summed E-state index contributed by atoms with van der Waals surface area (Å²) in [5.74, 6) is 0. The van der Waals surface area contributed by atoms with Gasteiger partial charge in [0, 0.05) is 37.6 Å². The van der Waals surface area contributed by atoms with Gasteiger partial charge < -0.3 is 0 Å². The monoisotopic (exact) mass is 316 g/mol. The Bertz CT molecular complexity index is 245. The molecule has 2 heterocycles. The van der Waals surface area contributed by atoms with E-state index in [9.17, 15) is 0 Å². The molecule has 18 heavy (non-hydrogen) atoms. The van der Waals surface area contributed by atoms with E-state index in [-0.39, 0.29) is 0 Å². The number of alkyl halides is 1. The predicted molar refractivity (Wildman–Crippen MR) is 82.5 cm³/mol. The van der Waals surface area contributed by atoms with Crippen LogP contribution in [-0.2, 0) is 0 Å². The number of halogens is 1. The first kappa shape index (κ1) is 14.8. The second-order valence-electron chi connectivity index (χ2n) is 6.26. The first-order valence-corrected chi connectivity index (χ1v) is 8.87. The minimum Gasteiger partial charge on any atom is -0.300 e. The minimum absolute atomic E-state index is 0.497. The van der Waals surface area contributed by atoms with Crippen molar-refractivity contribution in [2.75, 3.05) is 38.1 Å². The molecule has 0 amide bonds. The van der Waals surface area contributed by atoms with Crippen LogP contribution in [0.5, 0.6) is 0 Å². The van der Waals surface area contributed by atoms with E-state index in [4.69, 9.17) is 0 Å². The van der Waals surface area contributed by atoms with E-state index in [0.717, 1.165) is 11.4 Å². The molecule has 2 aliphatic rings. The molecule has 1 atom stereocenters. The van der Waals surface area contributed by atoms with E-state index in [2.05, 4.69) is 39.6 Å². The lowest BCUT2D eigenvalue weighted by atomic mass is 9.83. The molecular weight excluding hydrogens is 288 g/mol. The van der Waals surface area contributed by atoms with E-state index in [0.29, 0.717) is 5.41 Å². The molecule has 2 saturated heterocycles. The van der Waals surface area contributed by atoms with Gasteiger partial charge >= 0.3 is 0 Å². The number of rotatable bonds is 5. The molecule has 0 saturated carbocycles. The molecule has 0 radical (unpaired) electrons. The largest absolute Gasteiger partial charge is 0.300 e. The Kier molecular flexibility index (Phi) is 5.52. The Hall–Kier alpha value is 0.400. The molecule has 2 rings (SSSR count). The van der Waals surface area contributed by atoms with Crippen LogP contribution in [0.25, 0.3) is 0 Å². The lowest BCUT2D eigenvalue weighted by molar-refractivity contribution is 0.0282. The Morgan fingerprint density at radius 3 is 2.56 bits per heavy atom. The first-order valence-electron chi connectivity index (χ1n) is 7.75. The zero-order valence-corrected chi connectivity index (χ0v) is 13.7. The van der Waals surface area contributed by atoms with Gasteiger partial charge in [-0.25, -0.2) is 0 Å². The van der Waals surface area contributed by atoms with Gasteiger partial charge in [-0.2, -0.15) is 0 Å². The fourth-order valence-electron chi connectivity index (χ4n) is 3.54. The maximum absolute atomic E-state index is 3.75. The normalized spacial score (nSPS) is 27.2. The topological polar surface area (TPSA) is 6.48 Å². The van der Waals surface area contributed by atoms with Crippen LogP contribution >= 0.6 is 15.9 Å². The van der Waals surface area contributed by atoms with Crippen LogP contribution in [0.15, 0.2) is 0 Å². The van der Waals surface area contributed by atoms with Crippen LogP contribution in [0.3, 0.4) is 0 Å². The van der Waals surface area contributed by atoms with Crippen molar-refractivity contribution in [3.63, 3.8) is 0 Å². The minimum atomic E-state index is 0.497. The van der Waals surface area contributed by atoms with Crippen molar-refractivity contribution in [3.8, 4) is 0 Å². The molecule has 2 fully saturated rings. The molecule has 0 spiro atoms. The highest BCUT2D eigenvalue weighted by molar-refractivity contribution is 9.09. The van der Waals surface area contributed by atoms with E-state index in [1.54, 1.807) is 0 Å². The van der Waals surface area contributed by atoms with Gasteiger partial charge in [0.2, 0.25) is 0 Å². The van der Waals surface area contributed by atoms with Gasteiger partial charge in [-0.15, -0.1) is 0 Å². The van der Waals surface area contributed by atoms with Crippen molar-refractivity contribution in [2.45, 2.75) is 52.0 Å². The Morgan fingerprint density at radius 1 is 1.11 bits per heavy atom. The van der Waals surface area contributed by atoms with Gasteiger partial charge in [-0.3, -0.25) is 9.80 Å². The van der Waals surface area contributed by atoms with E-state index >= 15 is 0 Å². The van der Waals surface area contributed by atoms with Crippen molar-refractivity contribution in [1.29, 1.82) is 0 Å². The van der Waals surface area contributed by atoms with Crippen LogP contribution in [0.2, 0.25) is 0 Å². The summed E-state index contributed by atoms with van der Waals surface area (Å²) >= 11 is 3.75. The molecule has 106 valence electrons. The van der Waals surface area contributed by atoms with Crippen molar-refractivity contribution < 1.29 is 0 Å². The van der Waals surface area contributed by atoms with Gasteiger partial charge in [0.15, 0.2) is 0 Å². The molecule has 2 aliphatic heterocycles. The van der Waals surface area contributed by atoms with Crippen molar-refractivity contribution in [2.24, 2.45) is 5.41 Å². The Balaban J connectivity index is 1.90. The lowest BCUT2D eigenvalue weighted by Crippen LogP contribution is -2.56. The Morgan fingerprint density at radius 2 is 1.89 bits per heavy atom. The van der Waals surface area contributed by atoms with Crippen molar-refractivity contribution in [1.82, 2.24) is 9.80 Å². The number of piperidine rings is 1. The predicted octanol–water partition coefficient (Wildman–Crippen LogP) is 3.36. The summed E-state index contributed by atoms with van der Waals surface area (Å²) in [4.78, 5) is 5.47. The lowest BCUT2D eigenvalue weighted by Gasteiger charge is -2.46. The molecule has 0 aliphatic carbocycles. The first-order chi connectivity index (χ1) is 8.73. The zero-order chi connectivity index (χ0) is 13.0. The fourth-order valence-corrected chi connectivity index (χ4v) is 4.51. The van der Waals surface area contributed by atoms with E-state index < -0.39 is 0 Å². The van der Waals surface area contributed by atoms with Gasteiger partial charge in [-0.05, 0) is 37.6 Å². The standard InChI is InChI=1S/C15H29BrN2/c1-3-15(4-2,12-16)13-17-9-10-18-8-6-5-7-14(18)11-17/h14H,3-13H2,1-2H3. The summed E-state index contributed by atoms with van der Waals surface area (Å²) in [5.41, 5.74) is 0.497. The van der Waals surface area contributed by atoms with Gasteiger partial charge in [0.1, 0.15) is 0 Å². The molecule has 2 nitrogen and oxygen atoms in total. The highest BCUT2D eigenvalue weighted by Gasteiger charge is 2.33. The zero-order valence-electron chi connectivity index (χ0n) is 12.1. The summed E-state index contributed by atoms with van der Waals surface area (Å²) in [6.07, 6.45) is 6.88. The maximum Gasteiger partial charge on any atom is 0.0223 e. The average Bonchev–Trinajstić information content (AvgIpc) is 2.45. The number of hydrogen-bond donors (Lipinski definition) is 0. The van der Waals surface area contributed by atoms with Crippen LogP contribution in [-0.4, -0.2) is 53.9 Å². The van der Waals surface area contributed by atoms with Crippen molar-refractivity contribution in [3.05, 3.63) is 0 Å². The summed E-state index contributed by atoms with van der Waals surface area (Å²) in [7, 11) is 0. The van der Waals surface area contributed by atoms with Crippen LogP contribution in [0, 0.1) is 5.41 Å². The fraction of sp³-hybridized carbons (Fsp3) is 1.00. The summed E-state index contributed by atoms with van der Waals surface area (Å²) < 4.78 is 0. The third kappa shape index (κ3) is 3.29. The van der Waals surface area contributed by atoms with E-state index in [1.807, 2.05) is 0 Å². The average molecular weight is 317 g/mol. The molecule has 3 heteroatoms. The van der Waals surface area contributed by atoms with Crippen molar-refractivity contribution >= 4 is 15.9 Å². The maximum atomic E-state index is 3.75. The highest BCUT2D eigenvalue weighted by atomic mass is 79.9. The number of hydrogen-bond acceptors (Lipinski definition) is 2. The smallest absolute Gasteiger partial charge is 0.0223 e. The van der Waals surface area contributed by atoms with Crippen LogP contribution in [0.1, 0.15) is 46.0 Å². The van der Waals surface area contributed by atoms with Gasteiger partial charge in [0.05, 0.1) is 0 Å². The number of fused-ring (bicyclic) bond motifs is 1. The van der Waals surface area contributed by atoms with Crippen LogP contribution in [0.4, 0.5) is 0 Å². The summed E-state index contributed by atoms with van der Waals surface area (Å²) in [6.45, 7) is 11.2. The third-order valence-corrected chi connectivity index (χ3v) is 6.45. The molecule has 0 N–H and O–H groups in total. The number of nitrogens with zero attached hydrogens (tertiary/aromatic N) is 2. The molecule has 0 aromatic carbocycles. The molecule has 0 aromatic heterocycles. The number of piperazine rings is 1. The van der Waals surface area contributed by atoms with Gasteiger partial charge in [0.25, 0.3) is 0 Å². The molecule has 0 aromatic rings. The summed E-state index contributed by atoms with van der Waals surface area (Å²) in [5, 5.41) is 1.15. The molecule has 1 unspecified atom stereocenters. The summed E-state index contributed by atoms with van der Waals surface area (Å²) in [6, 6.07) is 0.856. The highest BCUT2D eigenvalue weighted by Crippen LogP contribution is 2.31. The SMILES string of the molecule is CCC(CC)(CBr)CN1CCN2CCCCC2C1. The quantitative estimate of drug-likeness (QED) is 0.718. The molecule has 0 bridgehead atoms. The molecular formula is C15H29BrN2. The van der Waals surface area contributed by atoms with Gasteiger partial charge in [-0.1, -0.05) is 36.2 Å². The van der Waals surface area contributed by atoms with E-state index in [1.165, 1.54) is 64.8 Å². The second-order valence-corrected chi connectivity index (χ2v) is 6.82. The third-order valence-electron chi connectivity index (χ3n) is 5.26.